The standard InChI is InChI=1S/C11H19N7O/c1-7-6-8(7)13-9-14-10(17-12)16-11(15-9)18-2-4-19-5-3-18/h7-8H,2-6,12H2,1H3,(H2,13,14,15,16,17). The number of nitrogens with two attached hydrogens (primary N) is 1. The van der Waals surface area contributed by atoms with Crippen LogP contribution in [0.4, 0.5) is 17.8 Å². The van der Waals surface area contributed by atoms with Crippen LogP contribution in [0.3, 0.4) is 0 Å². The predicted octanol–water partition coefficient (Wildman–Crippen LogP) is -0.186. The van der Waals surface area contributed by atoms with Gasteiger partial charge in [0.1, 0.15) is 0 Å². The average molecular weight is 265 g/mol. The summed E-state index contributed by atoms with van der Waals surface area (Å²) in [5.74, 6) is 7.70. The second-order valence-electron chi connectivity index (χ2n) is 4.99. The average Bonchev–Trinajstić information content (AvgIpc) is 3.14. The van der Waals surface area contributed by atoms with Gasteiger partial charge in [-0.3, -0.25) is 5.43 Å². The van der Waals surface area contributed by atoms with E-state index in [0.717, 1.165) is 19.5 Å². The molecule has 19 heavy (non-hydrogen) atoms. The third-order valence-corrected chi connectivity index (χ3v) is 3.47. The molecule has 0 spiro atoms. The maximum Gasteiger partial charge on any atom is 0.243 e. The Morgan fingerprint density at radius 3 is 2.53 bits per heavy atom. The first-order valence-electron chi connectivity index (χ1n) is 6.58. The number of rotatable bonds is 4. The van der Waals surface area contributed by atoms with Crippen LogP contribution >= 0.6 is 0 Å². The number of hydrogen-bond donors (Lipinski definition) is 3. The highest BCUT2D eigenvalue weighted by Gasteiger charge is 2.33. The van der Waals surface area contributed by atoms with Gasteiger partial charge in [-0.2, -0.15) is 15.0 Å². The van der Waals surface area contributed by atoms with Crippen molar-refractivity contribution < 1.29 is 4.74 Å². The summed E-state index contributed by atoms with van der Waals surface area (Å²) in [6.45, 7) is 5.16. The molecule has 2 heterocycles. The first-order valence-corrected chi connectivity index (χ1v) is 6.58. The number of nitrogens with one attached hydrogen (secondary N) is 2. The van der Waals surface area contributed by atoms with Crippen molar-refractivity contribution >= 4 is 17.8 Å². The Hall–Kier alpha value is -1.67. The van der Waals surface area contributed by atoms with Crippen molar-refractivity contribution in [3.05, 3.63) is 0 Å². The van der Waals surface area contributed by atoms with Crippen LogP contribution in [0.1, 0.15) is 13.3 Å². The van der Waals surface area contributed by atoms with Gasteiger partial charge in [0.05, 0.1) is 13.2 Å². The molecule has 2 aliphatic rings. The van der Waals surface area contributed by atoms with Gasteiger partial charge >= 0.3 is 0 Å². The van der Waals surface area contributed by atoms with E-state index in [1.165, 1.54) is 0 Å². The Morgan fingerprint density at radius 2 is 1.89 bits per heavy atom. The van der Waals surface area contributed by atoms with Crippen molar-refractivity contribution in [3.63, 3.8) is 0 Å². The van der Waals surface area contributed by atoms with E-state index < -0.39 is 0 Å². The highest BCUT2D eigenvalue weighted by molar-refractivity contribution is 5.44. The Balaban J connectivity index is 1.79. The minimum atomic E-state index is 0.382. The SMILES string of the molecule is CC1CC1Nc1nc(NN)nc(N2CCOCC2)n1. The molecule has 1 aromatic heterocycles. The van der Waals surface area contributed by atoms with Gasteiger partial charge in [-0.1, -0.05) is 6.92 Å². The van der Waals surface area contributed by atoms with Gasteiger partial charge in [0, 0.05) is 19.1 Å². The van der Waals surface area contributed by atoms with E-state index in [0.29, 0.717) is 43.0 Å². The second kappa shape index (κ2) is 5.14. The fourth-order valence-electron chi connectivity index (χ4n) is 2.09. The molecule has 1 saturated heterocycles. The van der Waals surface area contributed by atoms with E-state index in [9.17, 15) is 0 Å². The van der Waals surface area contributed by atoms with Crippen LogP contribution in [-0.2, 0) is 4.74 Å². The van der Waals surface area contributed by atoms with Crippen LogP contribution in [0.15, 0.2) is 0 Å². The highest BCUT2D eigenvalue weighted by atomic mass is 16.5. The summed E-state index contributed by atoms with van der Waals surface area (Å²) in [6, 6.07) is 0.463. The summed E-state index contributed by atoms with van der Waals surface area (Å²) in [4.78, 5) is 15.1. The van der Waals surface area contributed by atoms with Crippen molar-refractivity contribution in [2.45, 2.75) is 19.4 Å². The van der Waals surface area contributed by atoms with Crippen LogP contribution in [-0.4, -0.2) is 47.3 Å². The van der Waals surface area contributed by atoms with Crippen molar-refractivity contribution in [3.8, 4) is 0 Å². The number of nitrogens with zero attached hydrogens (tertiary/aromatic N) is 4. The zero-order valence-electron chi connectivity index (χ0n) is 11.0. The van der Waals surface area contributed by atoms with Gasteiger partial charge in [-0.05, 0) is 12.3 Å². The van der Waals surface area contributed by atoms with Crippen LogP contribution in [0, 0.1) is 5.92 Å². The lowest BCUT2D eigenvalue weighted by Gasteiger charge is -2.27. The molecule has 104 valence electrons. The molecule has 1 saturated carbocycles. The number of morpholine rings is 1. The number of aromatic nitrogens is 3. The van der Waals surface area contributed by atoms with Crippen molar-refractivity contribution in [1.29, 1.82) is 0 Å². The van der Waals surface area contributed by atoms with Crippen molar-refractivity contribution in [2.24, 2.45) is 11.8 Å². The largest absolute Gasteiger partial charge is 0.378 e. The fraction of sp³-hybridized carbons (Fsp3) is 0.727. The third-order valence-electron chi connectivity index (χ3n) is 3.47. The molecule has 2 atom stereocenters. The Labute approximate surface area is 111 Å². The van der Waals surface area contributed by atoms with Gasteiger partial charge in [0.15, 0.2) is 0 Å². The van der Waals surface area contributed by atoms with Gasteiger partial charge in [0.2, 0.25) is 17.8 Å². The van der Waals surface area contributed by atoms with Crippen LogP contribution in [0.2, 0.25) is 0 Å². The summed E-state index contributed by atoms with van der Waals surface area (Å²) in [7, 11) is 0. The molecule has 8 heteroatoms. The molecule has 2 fully saturated rings. The van der Waals surface area contributed by atoms with Crippen LogP contribution < -0.4 is 21.5 Å². The summed E-state index contributed by atoms with van der Waals surface area (Å²) < 4.78 is 5.33. The van der Waals surface area contributed by atoms with E-state index in [2.05, 4.69) is 37.5 Å². The summed E-state index contributed by atoms with van der Waals surface area (Å²) in [6.07, 6.45) is 1.16. The number of hydrazine groups is 1. The Kier molecular flexibility index (Phi) is 3.34. The molecule has 0 amide bonds. The molecule has 1 aromatic rings. The molecular formula is C11H19N7O. The van der Waals surface area contributed by atoms with Crippen molar-refractivity contribution in [1.82, 2.24) is 15.0 Å². The molecule has 4 N–H and O–H groups in total. The predicted molar refractivity (Wildman–Crippen MR) is 71.9 cm³/mol. The molecule has 0 aromatic carbocycles. The number of anilines is 3. The first kappa shape index (κ1) is 12.4. The molecule has 0 radical (unpaired) electrons. The highest BCUT2D eigenvalue weighted by Crippen LogP contribution is 2.32. The van der Waals surface area contributed by atoms with Crippen LogP contribution in [0.25, 0.3) is 0 Å². The molecule has 3 rings (SSSR count). The lowest BCUT2D eigenvalue weighted by Crippen LogP contribution is -2.37. The van der Waals surface area contributed by atoms with E-state index >= 15 is 0 Å². The first-order chi connectivity index (χ1) is 9.26. The maximum atomic E-state index is 5.42. The zero-order valence-corrected chi connectivity index (χ0v) is 11.0. The topological polar surface area (TPSA) is 101 Å². The Morgan fingerprint density at radius 1 is 1.21 bits per heavy atom. The molecule has 2 unspecified atom stereocenters. The second-order valence-corrected chi connectivity index (χ2v) is 4.99. The maximum absolute atomic E-state index is 5.42. The van der Waals surface area contributed by atoms with Gasteiger partial charge in [-0.15, -0.1) is 0 Å². The lowest BCUT2D eigenvalue weighted by molar-refractivity contribution is 0.122. The van der Waals surface area contributed by atoms with Crippen LogP contribution in [0.5, 0.6) is 0 Å². The van der Waals surface area contributed by atoms with E-state index in [-0.39, 0.29) is 0 Å². The quantitative estimate of drug-likeness (QED) is 0.509. The molecule has 8 nitrogen and oxygen atoms in total. The lowest BCUT2D eigenvalue weighted by atomic mass is 10.4. The summed E-state index contributed by atoms with van der Waals surface area (Å²) >= 11 is 0. The minimum Gasteiger partial charge on any atom is -0.378 e. The normalized spacial score (nSPS) is 26.1. The molecule has 1 aliphatic carbocycles. The monoisotopic (exact) mass is 265 g/mol. The smallest absolute Gasteiger partial charge is 0.243 e. The van der Waals surface area contributed by atoms with Gasteiger partial charge < -0.3 is 15.0 Å². The van der Waals surface area contributed by atoms with Gasteiger partial charge in [-0.25, -0.2) is 5.84 Å². The number of hydrogen-bond acceptors (Lipinski definition) is 8. The Bertz CT molecular complexity index is 449. The zero-order chi connectivity index (χ0) is 13.2. The van der Waals surface area contributed by atoms with Gasteiger partial charge in [0.25, 0.3) is 0 Å². The molecular weight excluding hydrogens is 246 g/mol. The molecule has 1 aliphatic heterocycles. The van der Waals surface area contributed by atoms with Crippen molar-refractivity contribution in [2.75, 3.05) is 41.9 Å². The van der Waals surface area contributed by atoms with E-state index in [1.54, 1.807) is 0 Å². The third kappa shape index (κ3) is 2.85. The number of nitrogen functional groups attached to an aromatic ring is 1. The van der Waals surface area contributed by atoms with E-state index in [4.69, 9.17) is 10.6 Å². The number of ether oxygens (including phenoxy) is 1. The minimum absolute atomic E-state index is 0.382. The molecule has 0 bridgehead atoms. The fourth-order valence-corrected chi connectivity index (χ4v) is 2.09. The van der Waals surface area contributed by atoms with E-state index in [1.807, 2.05) is 0 Å². The summed E-state index contributed by atoms with van der Waals surface area (Å²) in [5.41, 5.74) is 2.49. The summed E-state index contributed by atoms with van der Waals surface area (Å²) in [5, 5.41) is 3.30.